The summed E-state index contributed by atoms with van der Waals surface area (Å²) in [5.74, 6) is -3.44. The second-order valence-corrected chi connectivity index (χ2v) is 7.91. The Morgan fingerprint density at radius 2 is 1.60 bits per heavy atom. The van der Waals surface area contributed by atoms with Crippen molar-refractivity contribution in [3.05, 3.63) is 34.9 Å². The van der Waals surface area contributed by atoms with Crippen molar-refractivity contribution in [2.75, 3.05) is 14.2 Å². The third-order valence-corrected chi connectivity index (χ3v) is 6.10. The summed E-state index contributed by atoms with van der Waals surface area (Å²) in [4.78, 5) is 34.2. The summed E-state index contributed by atoms with van der Waals surface area (Å²) in [7, 11) is 3.62. The Morgan fingerprint density at radius 3 is 2.07 bits per heavy atom. The molecule has 4 N–H and O–H groups in total. The molecule has 2 aliphatic heterocycles. The van der Waals surface area contributed by atoms with Crippen molar-refractivity contribution < 1.29 is 39.5 Å². The molecule has 166 valence electrons. The number of ether oxygens (including phenoxy) is 1. The first-order chi connectivity index (χ1) is 14.1. The van der Waals surface area contributed by atoms with E-state index in [1.165, 1.54) is 19.1 Å². The van der Waals surface area contributed by atoms with Crippen LogP contribution in [0.3, 0.4) is 0 Å². The molecule has 2 fully saturated rings. The predicted molar refractivity (Wildman–Crippen MR) is 106 cm³/mol. The number of nitrogens with zero attached hydrogens (tertiary/aromatic N) is 1. The molecule has 10 heteroatoms. The first kappa shape index (κ1) is 24.1. The second-order valence-electron chi connectivity index (χ2n) is 7.47. The smallest absolute Gasteiger partial charge is 0.335 e. The number of hydrogen-bond donors (Lipinski definition) is 4. The molecule has 0 saturated carbocycles. The summed E-state index contributed by atoms with van der Waals surface area (Å²) in [6.45, 7) is 0. The Hall–Kier alpha value is -2.20. The van der Waals surface area contributed by atoms with Crippen molar-refractivity contribution in [1.82, 2.24) is 4.90 Å². The molecule has 0 amide bonds. The summed E-state index contributed by atoms with van der Waals surface area (Å²) < 4.78 is 5.07. The van der Waals surface area contributed by atoms with E-state index in [4.69, 9.17) is 36.8 Å². The highest BCUT2D eigenvalue weighted by Crippen LogP contribution is 2.46. The van der Waals surface area contributed by atoms with Crippen LogP contribution >= 0.6 is 11.6 Å². The first-order valence-electron chi connectivity index (χ1n) is 9.45. The number of halogens is 1. The Morgan fingerprint density at radius 1 is 1.07 bits per heavy atom. The van der Waals surface area contributed by atoms with Gasteiger partial charge in [-0.05, 0) is 44.0 Å². The minimum absolute atomic E-state index is 0.0649. The number of benzene rings is 1. The van der Waals surface area contributed by atoms with E-state index in [0.717, 1.165) is 17.9 Å². The van der Waals surface area contributed by atoms with E-state index in [1.54, 1.807) is 0 Å². The highest BCUT2D eigenvalue weighted by atomic mass is 35.5. The fourth-order valence-corrected chi connectivity index (χ4v) is 4.37. The van der Waals surface area contributed by atoms with Crippen LogP contribution in [0.15, 0.2) is 24.3 Å². The van der Waals surface area contributed by atoms with Gasteiger partial charge in [0.2, 0.25) is 0 Å². The van der Waals surface area contributed by atoms with Crippen molar-refractivity contribution in [2.45, 2.75) is 49.5 Å². The number of hydrogen-bond acceptors (Lipinski definition) is 7. The van der Waals surface area contributed by atoms with Crippen molar-refractivity contribution in [3.8, 4) is 0 Å². The molecule has 0 unspecified atom stereocenters. The third kappa shape index (κ3) is 5.28. The van der Waals surface area contributed by atoms with Crippen LogP contribution < -0.4 is 0 Å². The van der Waals surface area contributed by atoms with Crippen LogP contribution in [-0.4, -0.2) is 81.7 Å². The maximum Gasteiger partial charge on any atom is 0.335 e. The molecule has 1 aromatic rings. The molecule has 2 bridgehead atoms. The van der Waals surface area contributed by atoms with E-state index in [1.807, 2.05) is 24.3 Å². The summed E-state index contributed by atoms with van der Waals surface area (Å²) in [5.41, 5.74) is 1.20. The van der Waals surface area contributed by atoms with Crippen LogP contribution in [0.5, 0.6) is 0 Å². The number of rotatable bonds is 5. The lowest BCUT2D eigenvalue weighted by atomic mass is 9.76. The molecular weight excluding hydrogens is 418 g/mol. The summed E-state index contributed by atoms with van der Waals surface area (Å²) in [5, 5.41) is 33.3. The van der Waals surface area contributed by atoms with Crippen LogP contribution in [0.4, 0.5) is 0 Å². The van der Waals surface area contributed by atoms with Crippen LogP contribution in [0, 0.1) is 5.92 Å². The fraction of sp³-hybridized carbons (Fsp3) is 0.550. The number of esters is 1. The van der Waals surface area contributed by atoms with E-state index in [0.29, 0.717) is 12.1 Å². The van der Waals surface area contributed by atoms with E-state index >= 15 is 0 Å². The zero-order valence-corrected chi connectivity index (χ0v) is 17.4. The number of carbonyl (C=O) groups excluding carboxylic acids is 1. The van der Waals surface area contributed by atoms with E-state index in [-0.39, 0.29) is 17.8 Å². The van der Waals surface area contributed by atoms with Crippen LogP contribution in [-0.2, 0) is 19.1 Å². The Balaban J connectivity index is 0.000000274. The summed E-state index contributed by atoms with van der Waals surface area (Å²) in [6, 6.07) is 8.81. The molecule has 0 spiro atoms. The van der Waals surface area contributed by atoms with Crippen molar-refractivity contribution in [3.63, 3.8) is 0 Å². The molecule has 2 heterocycles. The zero-order valence-electron chi connectivity index (χ0n) is 16.6. The van der Waals surface area contributed by atoms with Gasteiger partial charge in [0, 0.05) is 23.0 Å². The van der Waals surface area contributed by atoms with Crippen LogP contribution in [0.25, 0.3) is 0 Å². The molecule has 2 aliphatic rings. The fourth-order valence-electron chi connectivity index (χ4n) is 4.25. The standard InChI is InChI=1S/C16H20ClNO2.C4H6O6/c1-18-12-7-8-14(18)15(16(19)20-2)13(9-12)10-3-5-11(17)6-4-10;5-1(3(7)8)2(6)4(9)10/h3-6,12-15H,7-9H2,1-2H3;1-2,5-6H,(H,7,8)(H,9,10)/t12-,13+,14+,15-;1-,2-/m01/s1. The SMILES string of the molecule is COC(=O)[C@H]1[C@@H](c2ccc(Cl)cc2)C[C@@H]2CC[C@H]1N2C.O=C(O)[C@H](O)[C@@H](O)C(=O)O. The summed E-state index contributed by atoms with van der Waals surface area (Å²) in [6.07, 6.45) is -1.24. The predicted octanol–water partition coefficient (Wildman–Crippen LogP) is 0.957. The summed E-state index contributed by atoms with van der Waals surface area (Å²) >= 11 is 5.97. The van der Waals surface area contributed by atoms with Gasteiger partial charge in [-0.25, -0.2) is 9.59 Å². The van der Waals surface area contributed by atoms with E-state index in [2.05, 4.69) is 11.9 Å². The van der Waals surface area contributed by atoms with Gasteiger partial charge in [0.15, 0.2) is 12.2 Å². The monoisotopic (exact) mass is 443 g/mol. The minimum Gasteiger partial charge on any atom is -0.479 e. The lowest BCUT2D eigenvalue weighted by Crippen LogP contribution is -2.49. The molecular formula is C20H26ClNO8. The van der Waals surface area contributed by atoms with Gasteiger partial charge >= 0.3 is 17.9 Å². The van der Waals surface area contributed by atoms with Gasteiger partial charge in [-0.1, -0.05) is 23.7 Å². The maximum atomic E-state index is 12.3. The Kier molecular flexibility index (Phi) is 8.19. The topological polar surface area (TPSA) is 145 Å². The van der Waals surface area contributed by atoms with Crippen LogP contribution in [0.1, 0.15) is 30.7 Å². The highest BCUT2D eigenvalue weighted by Gasteiger charge is 2.49. The third-order valence-electron chi connectivity index (χ3n) is 5.85. The Labute approximate surface area is 178 Å². The minimum atomic E-state index is -2.27. The van der Waals surface area contributed by atoms with Gasteiger partial charge in [0.05, 0.1) is 13.0 Å². The number of aliphatic hydroxyl groups is 2. The van der Waals surface area contributed by atoms with Crippen LogP contribution in [0.2, 0.25) is 5.02 Å². The maximum absolute atomic E-state index is 12.3. The molecule has 0 aliphatic carbocycles. The largest absolute Gasteiger partial charge is 0.479 e. The molecule has 1 aromatic carbocycles. The molecule has 0 aromatic heterocycles. The molecule has 6 atom stereocenters. The van der Waals surface area contributed by atoms with E-state index in [9.17, 15) is 14.4 Å². The molecule has 3 rings (SSSR count). The number of carboxylic acid groups (broad SMARTS) is 2. The van der Waals surface area contributed by atoms with Gasteiger partial charge < -0.3 is 25.2 Å². The lowest BCUT2D eigenvalue weighted by molar-refractivity contribution is -0.165. The molecule has 0 radical (unpaired) electrons. The second kappa shape index (κ2) is 10.2. The van der Waals surface area contributed by atoms with Crippen molar-refractivity contribution in [1.29, 1.82) is 0 Å². The average Bonchev–Trinajstić information content (AvgIpc) is 2.95. The lowest BCUT2D eigenvalue weighted by Gasteiger charge is -2.41. The zero-order chi connectivity index (χ0) is 22.6. The number of carboxylic acids is 2. The number of aliphatic hydroxyl groups excluding tert-OH is 2. The number of carbonyl (C=O) groups is 3. The van der Waals surface area contributed by atoms with Gasteiger partial charge in [-0.3, -0.25) is 9.69 Å². The average molecular weight is 444 g/mol. The molecule has 9 nitrogen and oxygen atoms in total. The first-order valence-corrected chi connectivity index (χ1v) is 9.83. The number of fused-ring (bicyclic) bond motifs is 2. The number of methoxy groups -OCH3 is 1. The normalized spacial score (nSPS) is 27.4. The quantitative estimate of drug-likeness (QED) is 0.489. The number of aliphatic carboxylic acids is 2. The highest BCUT2D eigenvalue weighted by molar-refractivity contribution is 6.30. The molecule has 30 heavy (non-hydrogen) atoms. The Bertz CT molecular complexity index is 753. The van der Waals surface area contributed by atoms with Crippen molar-refractivity contribution in [2.24, 2.45) is 5.92 Å². The number of piperidine rings is 1. The molecule has 2 saturated heterocycles. The van der Waals surface area contributed by atoms with Crippen molar-refractivity contribution >= 4 is 29.5 Å². The van der Waals surface area contributed by atoms with Gasteiger partial charge in [-0.2, -0.15) is 0 Å². The van der Waals surface area contributed by atoms with Gasteiger partial charge in [0.25, 0.3) is 0 Å². The van der Waals surface area contributed by atoms with E-state index < -0.39 is 24.1 Å². The van der Waals surface area contributed by atoms with Gasteiger partial charge in [-0.15, -0.1) is 0 Å². The van der Waals surface area contributed by atoms with Gasteiger partial charge in [0.1, 0.15) is 0 Å².